The molecule has 4 rings (SSSR count). The van der Waals surface area contributed by atoms with E-state index in [-0.39, 0.29) is 23.7 Å². The van der Waals surface area contributed by atoms with Gasteiger partial charge in [-0.15, -0.1) is 0 Å². The first-order valence-electron chi connectivity index (χ1n) is 9.82. The minimum atomic E-state index is -0.368. The van der Waals surface area contributed by atoms with Gasteiger partial charge in [0.25, 0.3) is 0 Å². The number of carbonyl (C=O) groups excluding carboxylic acids is 2. The van der Waals surface area contributed by atoms with E-state index in [1.807, 2.05) is 24.3 Å². The lowest BCUT2D eigenvalue weighted by Gasteiger charge is -2.23. The van der Waals surface area contributed by atoms with Crippen molar-refractivity contribution in [2.75, 3.05) is 20.6 Å². The zero-order chi connectivity index (χ0) is 20.5. The van der Waals surface area contributed by atoms with Gasteiger partial charge in [-0.25, -0.2) is 4.39 Å². The number of halogens is 1. The SMILES string of the molecule is CN1CCC(N(C)C(=O)CCc2c(-c3ccc(F)cc3)[nH]c3ccccc23)C1=O. The molecule has 1 atom stereocenters. The first-order chi connectivity index (χ1) is 14.0. The molecule has 0 aliphatic carbocycles. The van der Waals surface area contributed by atoms with Crippen molar-refractivity contribution in [2.45, 2.75) is 25.3 Å². The molecule has 1 aliphatic heterocycles. The molecule has 150 valence electrons. The molecule has 1 fully saturated rings. The smallest absolute Gasteiger partial charge is 0.245 e. The number of nitrogens with one attached hydrogen (secondary N) is 1. The van der Waals surface area contributed by atoms with Gasteiger partial charge in [-0.2, -0.15) is 0 Å². The van der Waals surface area contributed by atoms with Gasteiger partial charge >= 0.3 is 0 Å². The van der Waals surface area contributed by atoms with E-state index < -0.39 is 0 Å². The lowest BCUT2D eigenvalue weighted by molar-refractivity contribution is -0.140. The first kappa shape index (κ1) is 19.2. The summed E-state index contributed by atoms with van der Waals surface area (Å²) in [7, 11) is 3.47. The molecule has 3 aromatic rings. The van der Waals surface area contributed by atoms with Crippen molar-refractivity contribution in [3.05, 3.63) is 59.9 Å². The van der Waals surface area contributed by atoms with E-state index in [0.717, 1.165) is 27.7 Å². The predicted molar refractivity (Wildman–Crippen MR) is 111 cm³/mol. The Bertz CT molecular complexity index is 1060. The quantitative estimate of drug-likeness (QED) is 0.720. The fourth-order valence-corrected chi connectivity index (χ4v) is 4.07. The Labute approximate surface area is 169 Å². The number of likely N-dealkylation sites (N-methyl/N-ethyl adjacent to an activating group) is 2. The van der Waals surface area contributed by atoms with Crippen LogP contribution in [-0.2, 0) is 16.0 Å². The van der Waals surface area contributed by atoms with Gasteiger partial charge in [0.1, 0.15) is 11.9 Å². The molecule has 5 nitrogen and oxygen atoms in total. The number of likely N-dealkylation sites (tertiary alicyclic amines) is 1. The summed E-state index contributed by atoms with van der Waals surface area (Å²) in [5.41, 5.74) is 3.79. The molecule has 0 spiro atoms. The van der Waals surface area contributed by atoms with Crippen molar-refractivity contribution in [2.24, 2.45) is 0 Å². The summed E-state index contributed by atoms with van der Waals surface area (Å²) < 4.78 is 13.4. The number of fused-ring (bicyclic) bond motifs is 1. The molecular weight excluding hydrogens is 369 g/mol. The van der Waals surface area contributed by atoms with Gasteiger partial charge in [-0.05, 0) is 54.3 Å². The second-order valence-corrected chi connectivity index (χ2v) is 7.60. The number of amides is 2. The lowest BCUT2D eigenvalue weighted by atomic mass is 10.0. The molecule has 2 amide bonds. The van der Waals surface area contributed by atoms with Crippen molar-refractivity contribution < 1.29 is 14.0 Å². The number of rotatable bonds is 5. The fraction of sp³-hybridized carbons (Fsp3) is 0.304. The zero-order valence-corrected chi connectivity index (χ0v) is 16.6. The Kier molecular flexibility index (Phi) is 5.09. The molecule has 1 unspecified atom stereocenters. The van der Waals surface area contributed by atoms with Crippen LogP contribution in [0.2, 0.25) is 0 Å². The third kappa shape index (κ3) is 3.62. The highest BCUT2D eigenvalue weighted by Crippen LogP contribution is 2.31. The van der Waals surface area contributed by atoms with E-state index in [1.54, 1.807) is 36.0 Å². The van der Waals surface area contributed by atoms with Crippen LogP contribution in [0.15, 0.2) is 48.5 Å². The van der Waals surface area contributed by atoms with Gasteiger partial charge in [-0.1, -0.05) is 18.2 Å². The molecular formula is C23H24FN3O2. The number of hydrogen-bond acceptors (Lipinski definition) is 2. The topological polar surface area (TPSA) is 56.4 Å². The Morgan fingerprint density at radius 3 is 2.62 bits per heavy atom. The van der Waals surface area contributed by atoms with Crippen LogP contribution in [0.25, 0.3) is 22.2 Å². The molecule has 0 bridgehead atoms. The number of para-hydroxylation sites is 1. The first-order valence-corrected chi connectivity index (χ1v) is 9.82. The third-order valence-electron chi connectivity index (χ3n) is 5.80. The Hall–Kier alpha value is -3.15. The number of benzene rings is 2. The highest BCUT2D eigenvalue weighted by molar-refractivity contribution is 5.92. The van der Waals surface area contributed by atoms with Gasteiger partial charge in [0.05, 0.1) is 0 Å². The lowest BCUT2D eigenvalue weighted by Crippen LogP contribution is -2.42. The number of nitrogens with zero attached hydrogens (tertiary/aromatic N) is 2. The van der Waals surface area contributed by atoms with E-state index in [4.69, 9.17) is 0 Å². The fourth-order valence-electron chi connectivity index (χ4n) is 4.07. The summed E-state index contributed by atoms with van der Waals surface area (Å²) in [6, 6.07) is 13.9. The van der Waals surface area contributed by atoms with Crippen molar-refractivity contribution >= 4 is 22.7 Å². The van der Waals surface area contributed by atoms with Crippen LogP contribution in [0.5, 0.6) is 0 Å². The van der Waals surface area contributed by atoms with E-state index in [1.165, 1.54) is 12.1 Å². The minimum Gasteiger partial charge on any atom is -0.354 e. The van der Waals surface area contributed by atoms with E-state index in [0.29, 0.717) is 25.8 Å². The number of H-pyrrole nitrogens is 1. The average molecular weight is 393 g/mol. The Balaban J connectivity index is 1.59. The summed E-state index contributed by atoms with van der Waals surface area (Å²) >= 11 is 0. The van der Waals surface area contributed by atoms with Crippen LogP contribution < -0.4 is 0 Å². The van der Waals surface area contributed by atoms with Gasteiger partial charge in [-0.3, -0.25) is 9.59 Å². The standard InChI is InChI=1S/C23H24FN3O2/c1-26-14-13-20(23(26)29)27(2)21(28)12-11-18-17-5-3-4-6-19(17)25-22(18)15-7-9-16(24)10-8-15/h3-10,20,25H,11-14H2,1-2H3. The van der Waals surface area contributed by atoms with Crippen LogP contribution in [0.3, 0.4) is 0 Å². The predicted octanol–water partition coefficient (Wildman–Crippen LogP) is 3.60. The molecule has 29 heavy (non-hydrogen) atoms. The molecule has 0 saturated carbocycles. The van der Waals surface area contributed by atoms with Crippen LogP contribution in [0.4, 0.5) is 4.39 Å². The van der Waals surface area contributed by atoms with Gasteiger partial charge in [0, 0.05) is 43.7 Å². The van der Waals surface area contributed by atoms with Crippen LogP contribution in [0.1, 0.15) is 18.4 Å². The van der Waals surface area contributed by atoms with Crippen LogP contribution in [-0.4, -0.2) is 53.3 Å². The van der Waals surface area contributed by atoms with E-state index >= 15 is 0 Å². The highest BCUT2D eigenvalue weighted by Gasteiger charge is 2.34. The molecule has 1 N–H and O–H groups in total. The Morgan fingerprint density at radius 2 is 1.93 bits per heavy atom. The van der Waals surface area contributed by atoms with E-state index in [2.05, 4.69) is 4.98 Å². The van der Waals surface area contributed by atoms with Crippen molar-refractivity contribution in [1.29, 1.82) is 0 Å². The summed E-state index contributed by atoms with van der Waals surface area (Å²) in [5, 5.41) is 1.05. The maximum absolute atomic E-state index is 13.4. The van der Waals surface area contributed by atoms with Crippen molar-refractivity contribution in [3.8, 4) is 11.3 Å². The highest BCUT2D eigenvalue weighted by atomic mass is 19.1. The van der Waals surface area contributed by atoms with Gasteiger partial charge in [0.2, 0.25) is 11.8 Å². The third-order valence-corrected chi connectivity index (χ3v) is 5.80. The van der Waals surface area contributed by atoms with Crippen molar-refractivity contribution in [1.82, 2.24) is 14.8 Å². The zero-order valence-electron chi connectivity index (χ0n) is 16.6. The molecule has 1 aliphatic rings. The number of carbonyl (C=O) groups is 2. The van der Waals surface area contributed by atoms with Crippen molar-refractivity contribution in [3.63, 3.8) is 0 Å². The second kappa shape index (κ2) is 7.70. The van der Waals surface area contributed by atoms with Crippen LogP contribution >= 0.6 is 0 Å². The normalized spacial score (nSPS) is 16.6. The Morgan fingerprint density at radius 1 is 1.21 bits per heavy atom. The molecule has 6 heteroatoms. The summed E-state index contributed by atoms with van der Waals surface area (Å²) in [6.07, 6.45) is 1.52. The average Bonchev–Trinajstić information content (AvgIpc) is 3.26. The summed E-state index contributed by atoms with van der Waals surface area (Å²) in [4.78, 5) is 31.7. The number of aromatic amines is 1. The number of aromatic nitrogens is 1. The van der Waals surface area contributed by atoms with Crippen LogP contribution in [0, 0.1) is 5.82 Å². The molecule has 1 saturated heterocycles. The maximum Gasteiger partial charge on any atom is 0.245 e. The second-order valence-electron chi connectivity index (χ2n) is 7.60. The van der Waals surface area contributed by atoms with Gasteiger partial charge in [0.15, 0.2) is 0 Å². The molecule has 2 heterocycles. The molecule has 0 radical (unpaired) electrons. The summed E-state index contributed by atoms with van der Waals surface area (Å²) in [6.45, 7) is 0.679. The molecule has 1 aromatic heterocycles. The number of aryl methyl sites for hydroxylation is 1. The monoisotopic (exact) mass is 393 g/mol. The largest absolute Gasteiger partial charge is 0.354 e. The minimum absolute atomic E-state index is 0.0000505. The number of hydrogen-bond donors (Lipinski definition) is 1. The molecule has 2 aromatic carbocycles. The summed E-state index contributed by atoms with van der Waals surface area (Å²) in [5.74, 6) is -0.330. The van der Waals surface area contributed by atoms with Gasteiger partial charge < -0.3 is 14.8 Å². The maximum atomic E-state index is 13.4. The van der Waals surface area contributed by atoms with E-state index in [9.17, 15) is 14.0 Å².